The van der Waals surface area contributed by atoms with Crippen LogP contribution in [0.25, 0.3) is 11.3 Å². The summed E-state index contributed by atoms with van der Waals surface area (Å²) in [7, 11) is 1.33. The van der Waals surface area contributed by atoms with Crippen LogP contribution in [0, 0.1) is 11.6 Å². The Kier molecular flexibility index (Phi) is 9.57. The Morgan fingerprint density at radius 3 is 2.51 bits per heavy atom. The van der Waals surface area contributed by atoms with Gasteiger partial charge in [0.05, 0.1) is 11.3 Å². The number of nitrogens with zero attached hydrogens (tertiary/aromatic N) is 5. The normalized spacial score (nSPS) is 18.9. The molecule has 0 saturated carbocycles. The molecule has 43 heavy (non-hydrogen) atoms. The molecule has 4 heterocycles. The highest BCUT2D eigenvalue weighted by molar-refractivity contribution is 7.16. The third-order valence-corrected chi connectivity index (χ3v) is 8.84. The maximum Gasteiger partial charge on any atom is 0.416 e. The second kappa shape index (κ2) is 12.7. The van der Waals surface area contributed by atoms with E-state index in [0.29, 0.717) is 17.5 Å². The highest BCUT2D eigenvalue weighted by atomic mass is 32.1. The van der Waals surface area contributed by atoms with Crippen LogP contribution in [-0.4, -0.2) is 69.3 Å². The minimum Gasteiger partial charge on any atom is -0.479 e. The minimum absolute atomic E-state index is 0. The summed E-state index contributed by atoms with van der Waals surface area (Å²) < 4.78 is 75.6. The zero-order chi connectivity index (χ0) is 30.2. The number of carbonyl (C=O) groups is 1. The molecule has 0 unspecified atom stereocenters. The van der Waals surface area contributed by atoms with Crippen LogP contribution in [0.2, 0.25) is 0 Å². The van der Waals surface area contributed by atoms with E-state index in [1.54, 1.807) is 4.90 Å². The number of ether oxygens (including phenoxy) is 1. The van der Waals surface area contributed by atoms with Crippen LogP contribution >= 0.6 is 11.3 Å². The molecule has 1 aromatic carbocycles. The van der Waals surface area contributed by atoms with Crippen molar-refractivity contribution in [2.45, 2.75) is 64.4 Å². The van der Waals surface area contributed by atoms with Crippen LogP contribution in [0.4, 0.5) is 38.7 Å². The maximum absolute atomic E-state index is 15.6. The largest absolute Gasteiger partial charge is 0.479 e. The Morgan fingerprint density at radius 2 is 1.91 bits per heavy atom. The van der Waals surface area contributed by atoms with Gasteiger partial charge in [-0.3, -0.25) is 4.90 Å². The van der Waals surface area contributed by atoms with E-state index in [0.717, 1.165) is 49.2 Å². The number of methoxy groups -OCH3 is 1. The van der Waals surface area contributed by atoms with Crippen molar-refractivity contribution in [2.24, 2.45) is 0 Å². The van der Waals surface area contributed by atoms with E-state index in [1.165, 1.54) is 7.11 Å². The fourth-order valence-corrected chi connectivity index (χ4v) is 6.40. The third-order valence-electron chi connectivity index (χ3n) is 7.88. The molecule has 2 saturated heterocycles. The molecule has 2 aliphatic heterocycles. The van der Waals surface area contributed by atoms with Crippen molar-refractivity contribution < 1.29 is 36.6 Å². The van der Waals surface area contributed by atoms with Crippen molar-refractivity contribution in [1.29, 1.82) is 0 Å². The lowest BCUT2D eigenvalue weighted by molar-refractivity contribution is -0.164. The van der Waals surface area contributed by atoms with E-state index in [4.69, 9.17) is 4.74 Å². The summed E-state index contributed by atoms with van der Waals surface area (Å²) in [5.74, 6) is -3.18. The number of piperidine rings is 1. The first-order valence-corrected chi connectivity index (χ1v) is 14.1. The number of anilines is 3. The van der Waals surface area contributed by atoms with Crippen molar-refractivity contribution in [3.8, 4) is 11.3 Å². The smallest absolute Gasteiger partial charge is 0.416 e. The summed E-state index contributed by atoms with van der Waals surface area (Å²) in [6, 6.07) is 2.54. The van der Waals surface area contributed by atoms with Crippen LogP contribution in [0.15, 0.2) is 24.5 Å². The van der Waals surface area contributed by atoms with Gasteiger partial charge in [0.15, 0.2) is 22.4 Å². The Bertz CT molecular complexity index is 1460. The number of hydrogen-bond acceptors (Lipinski definition) is 9. The Balaban J connectivity index is 0.00000423. The van der Waals surface area contributed by atoms with Gasteiger partial charge in [0.1, 0.15) is 12.1 Å². The number of aromatic nitrogens is 3. The third kappa shape index (κ3) is 6.73. The van der Waals surface area contributed by atoms with Gasteiger partial charge in [0, 0.05) is 56.1 Å². The fourth-order valence-electron chi connectivity index (χ4n) is 5.39. The number of carboxylic acid groups (broad SMARTS) is 1. The van der Waals surface area contributed by atoms with Gasteiger partial charge in [-0.05, 0) is 44.5 Å². The molecule has 234 valence electrons. The van der Waals surface area contributed by atoms with Gasteiger partial charge < -0.3 is 20.1 Å². The highest BCUT2D eigenvalue weighted by Crippen LogP contribution is 2.39. The van der Waals surface area contributed by atoms with Crippen LogP contribution in [0.3, 0.4) is 0 Å². The topological polar surface area (TPSA) is 104 Å². The molecule has 15 heteroatoms. The zero-order valence-corrected chi connectivity index (χ0v) is 23.7. The van der Waals surface area contributed by atoms with E-state index in [1.807, 2.05) is 0 Å². The molecule has 0 aliphatic carbocycles. The lowest BCUT2D eigenvalue weighted by Crippen LogP contribution is -2.51. The minimum atomic E-state index is -4.75. The summed E-state index contributed by atoms with van der Waals surface area (Å²) in [5.41, 5.74) is -2.36. The van der Waals surface area contributed by atoms with Gasteiger partial charge in [-0.25, -0.2) is 24.1 Å². The fraction of sp³-hybridized carbons (Fsp3) is 0.500. The molecule has 1 atom stereocenters. The summed E-state index contributed by atoms with van der Waals surface area (Å²) >= 11 is 1.12. The first-order chi connectivity index (χ1) is 19.9. The molecule has 9 nitrogen and oxygen atoms in total. The standard InChI is InChI=1S/C27H29F5N6O3S.CH4/c1-15-4-3-7-38(15)13-19-21(16-10-17(27(30,31)32)12-18(28)11-16)35-25(42-19)36-22-20(29)23(34-14-33-22)37-8-5-26(41-2,6-9-37)24(39)40;/h10-12,14-15H,3-9,13H2,1-2H3,(H,39,40)(H,33,34,35,36);1H4/t15-;/m1./s1. The van der Waals surface area contributed by atoms with Crippen molar-refractivity contribution in [1.82, 2.24) is 19.9 Å². The molecule has 5 rings (SSSR count). The number of rotatable bonds is 8. The second-order valence-electron chi connectivity index (χ2n) is 10.5. The lowest BCUT2D eigenvalue weighted by atomic mass is 9.91. The van der Waals surface area contributed by atoms with E-state index < -0.39 is 34.9 Å². The van der Waals surface area contributed by atoms with Gasteiger partial charge in [-0.15, -0.1) is 0 Å². The summed E-state index contributed by atoms with van der Waals surface area (Å²) in [5, 5.41) is 12.5. The van der Waals surface area contributed by atoms with E-state index in [9.17, 15) is 27.5 Å². The van der Waals surface area contributed by atoms with E-state index in [-0.39, 0.29) is 67.4 Å². The Hall–Kier alpha value is -3.43. The predicted molar refractivity (Wildman–Crippen MR) is 152 cm³/mol. The van der Waals surface area contributed by atoms with Crippen molar-refractivity contribution >= 4 is 34.1 Å². The number of hydrogen-bond donors (Lipinski definition) is 2. The van der Waals surface area contributed by atoms with Gasteiger partial charge in [0.2, 0.25) is 5.82 Å². The van der Waals surface area contributed by atoms with Crippen molar-refractivity contribution in [3.05, 3.63) is 46.6 Å². The van der Waals surface area contributed by atoms with Gasteiger partial charge >= 0.3 is 12.1 Å². The van der Waals surface area contributed by atoms with Crippen molar-refractivity contribution in [2.75, 3.05) is 37.0 Å². The molecular formula is C28H33F5N6O3S. The number of nitrogens with one attached hydrogen (secondary N) is 1. The molecule has 2 aromatic heterocycles. The van der Waals surface area contributed by atoms with E-state index >= 15 is 4.39 Å². The summed E-state index contributed by atoms with van der Waals surface area (Å²) in [6.07, 6.45) is -1.41. The molecular weight excluding hydrogens is 595 g/mol. The number of benzene rings is 1. The quantitative estimate of drug-likeness (QED) is 0.277. The Labute approximate surface area is 249 Å². The lowest BCUT2D eigenvalue weighted by Gasteiger charge is -2.38. The molecule has 2 aliphatic rings. The predicted octanol–water partition coefficient (Wildman–Crippen LogP) is 6.33. The van der Waals surface area contributed by atoms with Crippen LogP contribution in [-0.2, 0) is 22.3 Å². The van der Waals surface area contributed by atoms with Gasteiger partial charge in [-0.1, -0.05) is 18.8 Å². The first kappa shape index (κ1) is 32.5. The summed E-state index contributed by atoms with van der Waals surface area (Å²) in [6.45, 7) is 3.58. The number of aliphatic carboxylic acids is 1. The molecule has 0 radical (unpaired) electrons. The monoisotopic (exact) mass is 628 g/mol. The molecule has 0 spiro atoms. The van der Waals surface area contributed by atoms with Crippen LogP contribution < -0.4 is 10.2 Å². The molecule has 0 amide bonds. The van der Waals surface area contributed by atoms with E-state index in [2.05, 4.69) is 32.1 Å². The average Bonchev–Trinajstić information content (AvgIpc) is 3.54. The Morgan fingerprint density at radius 1 is 1.19 bits per heavy atom. The molecule has 2 fully saturated rings. The van der Waals surface area contributed by atoms with Gasteiger partial charge in [-0.2, -0.15) is 17.6 Å². The second-order valence-corrected chi connectivity index (χ2v) is 11.5. The molecule has 2 N–H and O–H groups in total. The first-order valence-electron chi connectivity index (χ1n) is 13.3. The number of halogens is 5. The van der Waals surface area contributed by atoms with Crippen LogP contribution in [0.1, 0.15) is 50.5 Å². The zero-order valence-electron chi connectivity index (χ0n) is 22.8. The molecule has 0 bridgehead atoms. The average molecular weight is 629 g/mol. The van der Waals surface area contributed by atoms with Crippen LogP contribution in [0.5, 0.6) is 0 Å². The maximum atomic E-state index is 15.6. The number of alkyl halides is 3. The number of thiazole rings is 1. The van der Waals surface area contributed by atoms with Crippen molar-refractivity contribution in [3.63, 3.8) is 0 Å². The van der Waals surface area contributed by atoms with Gasteiger partial charge in [0.25, 0.3) is 0 Å². The SMILES string of the molecule is C.COC1(C(=O)O)CCN(c2ncnc(Nc3nc(-c4cc(F)cc(C(F)(F)F)c4)c(CN4CCC[C@H]4C)s3)c2F)CC1. The molecule has 3 aromatic rings. The highest BCUT2D eigenvalue weighted by Gasteiger charge is 2.42. The number of carboxylic acids is 1. The number of likely N-dealkylation sites (tertiary alicyclic amines) is 1. The summed E-state index contributed by atoms with van der Waals surface area (Å²) in [4.78, 5) is 28.6.